The SMILES string of the molecule is CCN1CCN(C2CCN(c3ccccc3[N+](=O)[O-])C2)CC1. The van der Waals surface area contributed by atoms with Crippen molar-refractivity contribution in [2.45, 2.75) is 19.4 Å². The molecule has 0 N–H and O–H groups in total. The summed E-state index contributed by atoms with van der Waals surface area (Å²) in [5, 5.41) is 11.2. The van der Waals surface area contributed by atoms with E-state index < -0.39 is 0 Å². The fourth-order valence-corrected chi connectivity index (χ4v) is 3.59. The molecule has 0 saturated carbocycles. The largest absolute Gasteiger partial charge is 0.364 e. The third-order valence-electron chi connectivity index (χ3n) is 4.95. The van der Waals surface area contributed by atoms with Crippen LogP contribution in [-0.2, 0) is 0 Å². The van der Waals surface area contributed by atoms with Crippen LogP contribution in [0.4, 0.5) is 11.4 Å². The zero-order chi connectivity index (χ0) is 15.5. The Balaban J connectivity index is 1.64. The Hall–Kier alpha value is -1.66. The van der Waals surface area contributed by atoms with Crippen molar-refractivity contribution in [3.8, 4) is 0 Å². The lowest BCUT2D eigenvalue weighted by Gasteiger charge is -2.37. The molecule has 0 bridgehead atoms. The molecule has 1 atom stereocenters. The summed E-state index contributed by atoms with van der Waals surface area (Å²) in [6.45, 7) is 9.65. The lowest BCUT2D eigenvalue weighted by molar-refractivity contribution is -0.384. The molecule has 0 amide bonds. The van der Waals surface area contributed by atoms with Crippen molar-refractivity contribution in [1.29, 1.82) is 0 Å². The van der Waals surface area contributed by atoms with Crippen LogP contribution in [0.1, 0.15) is 13.3 Å². The summed E-state index contributed by atoms with van der Waals surface area (Å²) in [7, 11) is 0. The van der Waals surface area contributed by atoms with Gasteiger partial charge in [0.05, 0.1) is 4.92 Å². The Morgan fingerprint density at radius 1 is 1.18 bits per heavy atom. The van der Waals surface area contributed by atoms with E-state index in [2.05, 4.69) is 21.6 Å². The highest BCUT2D eigenvalue weighted by atomic mass is 16.6. The maximum atomic E-state index is 11.2. The number of para-hydroxylation sites is 2. The maximum Gasteiger partial charge on any atom is 0.292 e. The van der Waals surface area contributed by atoms with Gasteiger partial charge in [0.1, 0.15) is 5.69 Å². The Morgan fingerprint density at radius 2 is 1.91 bits per heavy atom. The van der Waals surface area contributed by atoms with Crippen LogP contribution in [0.2, 0.25) is 0 Å². The molecule has 6 nitrogen and oxygen atoms in total. The fraction of sp³-hybridized carbons (Fsp3) is 0.625. The predicted molar refractivity (Wildman–Crippen MR) is 87.4 cm³/mol. The van der Waals surface area contributed by atoms with Crippen molar-refractivity contribution >= 4 is 11.4 Å². The molecule has 6 heteroatoms. The molecule has 2 aliphatic heterocycles. The van der Waals surface area contributed by atoms with Crippen LogP contribution in [-0.4, -0.2) is 66.6 Å². The third kappa shape index (κ3) is 3.08. The smallest absolute Gasteiger partial charge is 0.292 e. The van der Waals surface area contributed by atoms with Crippen LogP contribution in [0.5, 0.6) is 0 Å². The summed E-state index contributed by atoms with van der Waals surface area (Å²) >= 11 is 0. The van der Waals surface area contributed by atoms with Gasteiger partial charge in [0.25, 0.3) is 5.69 Å². The lowest BCUT2D eigenvalue weighted by Crippen LogP contribution is -2.50. The van der Waals surface area contributed by atoms with Gasteiger partial charge in [-0.15, -0.1) is 0 Å². The fourth-order valence-electron chi connectivity index (χ4n) is 3.59. The maximum absolute atomic E-state index is 11.2. The number of hydrogen-bond acceptors (Lipinski definition) is 5. The molecule has 2 fully saturated rings. The number of anilines is 1. The molecule has 0 spiro atoms. The predicted octanol–water partition coefficient (Wildman–Crippen LogP) is 1.81. The Morgan fingerprint density at radius 3 is 2.59 bits per heavy atom. The van der Waals surface area contributed by atoms with Crippen molar-refractivity contribution < 1.29 is 4.92 Å². The van der Waals surface area contributed by atoms with Crippen LogP contribution in [0.25, 0.3) is 0 Å². The normalized spacial score (nSPS) is 23.9. The molecule has 2 heterocycles. The molecule has 0 radical (unpaired) electrons. The molecule has 3 rings (SSSR count). The monoisotopic (exact) mass is 304 g/mol. The van der Waals surface area contributed by atoms with Crippen LogP contribution in [0.15, 0.2) is 24.3 Å². The van der Waals surface area contributed by atoms with E-state index >= 15 is 0 Å². The molecular weight excluding hydrogens is 280 g/mol. The number of nitro benzene ring substituents is 1. The van der Waals surface area contributed by atoms with Gasteiger partial charge in [-0.2, -0.15) is 0 Å². The quantitative estimate of drug-likeness (QED) is 0.627. The molecular formula is C16H24N4O2. The van der Waals surface area contributed by atoms with Gasteiger partial charge in [-0.1, -0.05) is 19.1 Å². The topological polar surface area (TPSA) is 52.9 Å². The van der Waals surface area contributed by atoms with E-state index in [4.69, 9.17) is 0 Å². The highest BCUT2D eigenvalue weighted by Gasteiger charge is 2.32. The molecule has 0 aliphatic carbocycles. The Bertz CT molecular complexity index is 529. The molecule has 1 unspecified atom stereocenters. The van der Waals surface area contributed by atoms with Crippen LogP contribution >= 0.6 is 0 Å². The highest BCUT2D eigenvalue weighted by Crippen LogP contribution is 2.31. The van der Waals surface area contributed by atoms with Crippen molar-refractivity contribution in [1.82, 2.24) is 9.80 Å². The van der Waals surface area contributed by atoms with Crippen LogP contribution < -0.4 is 4.90 Å². The summed E-state index contributed by atoms with van der Waals surface area (Å²) in [6, 6.07) is 7.62. The minimum absolute atomic E-state index is 0.221. The second-order valence-corrected chi connectivity index (χ2v) is 6.10. The van der Waals surface area contributed by atoms with Gasteiger partial charge in [0, 0.05) is 51.4 Å². The number of piperazine rings is 1. The van der Waals surface area contributed by atoms with E-state index in [-0.39, 0.29) is 10.6 Å². The van der Waals surface area contributed by atoms with Crippen molar-refractivity contribution in [2.75, 3.05) is 50.7 Å². The van der Waals surface area contributed by atoms with E-state index in [9.17, 15) is 10.1 Å². The average Bonchev–Trinajstić information content (AvgIpc) is 3.04. The van der Waals surface area contributed by atoms with E-state index in [0.29, 0.717) is 6.04 Å². The van der Waals surface area contributed by atoms with Gasteiger partial charge in [0.15, 0.2) is 0 Å². The van der Waals surface area contributed by atoms with Gasteiger partial charge in [-0.25, -0.2) is 0 Å². The molecule has 1 aromatic carbocycles. The summed E-state index contributed by atoms with van der Waals surface area (Å²) < 4.78 is 0. The summed E-state index contributed by atoms with van der Waals surface area (Å²) in [5.41, 5.74) is 0.987. The first-order chi connectivity index (χ1) is 10.7. The summed E-state index contributed by atoms with van der Waals surface area (Å²) in [6.07, 6.45) is 1.10. The van der Waals surface area contributed by atoms with Crippen molar-refractivity contribution in [3.63, 3.8) is 0 Å². The first-order valence-electron chi connectivity index (χ1n) is 8.14. The number of hydrogen-bond donors (Lipinski definition) is 0. The molecule has 2 saturated heterocycles. The van der Waals surface area contributed by atoms with Gasteiger partial charge in [-0.05, 0) is 19.0 Å². The van der Waals surface area contributed by atoms with E-state index in [1.165, 1.54) is 0 Å². The Labute approximate surface area is 131 Å². The number of benzene rings is 1. The van der Waals surface area contributed by atoms with Crippen molar-refractivity contribution in [3.05, 3.63) is 34.4 Å². The zero-order valence-electron chi connectivity index (χ0n) is 13.1. The molecule has 2 aliphatic rings. The minimum atomic E-state index is -0.275. The second kappa shape index (κ2) is 6.62. The average molecular weight is 304 g/mol. The van der Waals surface area contributed by atoms with E-state index in [0.717, 1.165) is 57.9 Å². The molecule has 22 heavy (non-hydrogen) atoms. The first kappa shape index (κ1) is 15.2. The van der Waals surface area contributed by atoms with Gasteiger partial charge in [0.2, 0.25) is 0 Å². The lowest BCUT2D eigenvalue weighted by atomic mass is 10.2. The van der Waals surface area contributed by atoms with E-state index in [1.807, 2.05) is 12.1 Å². The standard InChI is InChI=1S/C16H24N4O2/c1-2-17-9-11-18(12-10-17)14-7-8-19(13-14)15-5-3-4-6-16(15)20(21)22/h3-6,14H,2,7-13H2,1H3. The van der Waals surface area contributed by atoms with E-state index in [1.54, 1.807) is 12.1 Å². The molecule has 1 aromatic rings. The third-order valence-corrected chi connectivity index (χ3v) is 4.95. The first-order valence-corrected chi connectivity index (χ1v) is 8.14. The van der Waals surface area contributed by atoms with Gasteiger partial charge in [-0.3, -0.25) is 15.0 Å². The number of rotatable bonds is 4. The second-order valence-electron chi connectivity index (χ2n) is 6.10. The summed E-state index contributed by atoms with van der Waals surface area (Å²) in [4.78, 5) is 18.1. The number of nitro groups is 1. The number of nitrogens with zero attached hydrogens (tertiary/aromatic N) is 4. The zero-order valence-corrected chi connectivity index (χ0v) is 13.1. The Kier molecular flexibility index (Phi) is 4.59. The number of likely N-dealkylation sites (N-methyl/N-ethyl adjacent to an activating group) is 1. The highest BCUT2D eigenvalue weighted by molar-refractivity contribution is 5.63. The molecule has 120 valence electrons. The van der Waals surface area contributed by atoms with Gasteiger partial charge < -0.3 is 9.80 Å². The minimum Gasteiger partial charge on any atom is -0.364 e. The molecule has 0 aromatic heterocycles. The van der Waals surface area contributed by atoms with Crippen LogP contribution in [0.3, 0.4) is 0 Å². The van der Waals surface area contributed by atoms with Crippen molar-refractivity contribution in [2.24, 2.45) is 0 Å². The van der Waals surface area contributed by atoms with Crippen LogP contribution in [0, 0.1) is 10.1 Å². The van der Waals surface area contributed by atoms with Gasteiger partial charge >= 0.3 is 0 Å². The summed E-state index contributed by atoms with van der Waals surface area (Å²) in [5.74, 6) is 0.